The molecule has 0 aromatic rings. The van der Waals surface area contributed by atoms with Crippen molar-refractivity contribution in [1.29, 1.82) is 0 Å². The summed E-state index contributed by atoms with van der Waals surface area (Å²) in [4.78, 5) is 28.5. The van der Waals surface area contributed by atoms with Crippen LogP contribution in [0.5, 0.6) is 0 Å². The van der Waals surface area contributed by atoms with E-state index in [1.165, 1.54) is 7.11 Å². The number of methoxy groups -OCH3 is 2. The molecule has 0 atom stereocenters. The lowest BCUT2D eigenvalue weighted by Crippen LogP contribution is -2.15. The van der Waals surface area contributed by atoms with E-state index in [0.29, 0.717) is 0 Å². The Kier molecular flexibility index (Phi) is 12.9. The molecule has 0 aromatic carbocycles. The number of carboxylic acids is 1. The molecule has 0 aliphatic rings. The molecule has 22 heavy (non-hydrogen) atoms. The highest BCUT2D eigenvalue weighted by Crippen LogP contribution is 2.19. The van der Waals surface area contributed by atoms with Gasteiger partial charge < -0.3 is 20.3 Å². The number of ether oxygens (including phenoxy) is 2. The van der Waals surface area contributed by atoms with E-state index in [4.69, 9.17) is 5.11 Å². The van der Waals surface area contributed by atoms with E-state index in [1.807, 2.05) is 0 Å². The highest BCUT2D eigenvalue weighted by Gasteiger charge is 2.31. The van der Waals surface area contributed by atoms with Crippen LogP contribution in [0.15, 0.2) is 0 Å². The van der Waals surface area contributed by atoms with Crippen LogP contribution < -0.4 is 5.73 Å². The van der Waals surface area contributed by atoms with Crippen LogP contribution in [-0.2, 0) is 19.1 Å². The molecule has 0 aliphatic heterocycles. The van der Waals surface area contributed by atoms with E-state index >= 15 is 0 Å². The molecule has 1 amide bonds. The summed E-state index contributed by atoms with van der Waals surface area (Å²) < 4.78 is 74.0. The Hall–Kier alpha value is -2.21. The van der Waals surface area contributed by atoms with Gasteiger partial charge in [-0.05, 0) is 0 Å². The molecule has 0 rings (SSSR count). The summed E-state index contributed by atoms with van der Waals surface area (Å²) in [5.74, 6) is -3.11. The molecule has 132 valence electrons. The smallest absolute Gasteiger partial charge is 0.404 e. The Morgan fingerprint density at radius 2 is 1.23 bits per heavy atom. The predicted octanol–water partition coefficient (Wildman–Crippen LogP) is 1.85. The largest absolute Gasteiger partial charge is 0.481 e. The number of alkyl halides is 6. The van der Waals surface area contributed by atoms with Crippen LogP contribution in [0.1, 0.15) is 12.8 Å². The number of halogens is 6. The number of carboxylic acid groups (broad SMARTS) is 1. The maximum absolute atomic E-state index is 11.2. The monoisotopic (exact) mass is 345 g/mol. The standard InChI is InChI=1S/C4H5F3O2.C3H3F3O2.C2H5NO2/c1-9-3(8)2-4(5,6)7;4-3(5,6)1-2(7)8;1-5-2(3)4/h2H2,1H3;1H2,(H,7,8);1H3,(H2,3,4). The summed E-state index contributed by atoms with van der Waals surface area (Å²) >= 11 is 0. The SMILES string of the molecule is COC(=O)CC(F)(F)F.COC(N)=O.O=C(O)CC(F)(F)F. The first kappa shape index (κ1) is 24.8. The fraction of sp³-hybridized carbons (Fsp3) is 0.667. The average molecular weight is 345 g/mol. The predicted molar refractivity (Wildman–Crippen MR) is 57.6 cm³/mol. The van der Waals surface area contributed by atoms with Crippen molar-refractivity contribution in [3.05, 3.63) is 0 Å². The number of rotatable bonds is 2. The molecule has 13 heteroatoms. The lowest BCUT2D eigenvalue weighted by Gasteiger charge is -2.02. The van der Waals surface area contributed by atoms with Gasteiger partial charge in [0, 0.05) is 0 Å². The number of nitrogens with two attached hydrogens (primary N) is 1. The van der Waals surface area contributed by atoms with Gasteiger partial charge in [-0.25, -0.2) is 4.79 Å². The lowest BCUT2D eigenvalue weighted by atomic mass is 10.4. The molecule has 0 saturated heterocycles. The molecule has 0 heterocycles. The number of primary amides is 1. The second-order valence-corrected chi connectivity index (χ2v) is 3.08. The van der Waals surface area contributed by atoms with Crippen LogP contribution in [0.3, 0.4) is 0 Å². The number of aliphatic carboxylic acids is 1. The van der Waals surface area contributed by atoms with E-state index in [1.54, 1.807) is 0 Å². The number of carbonyl (C=O) groups is 3. The first-order chi connectivity index (χ1) is 9.64. The van der Waals surface area contributed by atoms with Crippen LogP contribution in [0.2, 0.25) is 0 Å². The Morgan fingerprint density at radius 3 is 1.27 bits per heavy atom. The van der Waals surface area contributed by atoms with Crippen molar-refractivity contribution in [2.24, 2.45) is 5.73 Å². The van der Waals surface area contributed by atoms with Gasteiger partial charge >= 0.3 is 30.4 Å². The number of hydrogen-bond donors (Lipinski definition) is 2. The van der Waals surface area contributed by atoms with Crippen molar-refractivity contribution < 1.29 is 55.3 Å². The molecule has 0 aliphatic carbocycles. The molecule has 0 radical (unpaired) electrons. The Morgan fingerprint density at radius 1 is 0.909 bits per heavy atom. The highest BCUT2D eigenvalue weighted by molar-refractivity contribution is 5.69. The summed E-state index contributed by atoms with van der Waals surface area (Å²) in [6.45, 7) is 0. The Labute approximate surface area is 120 Å². The zero-order valence-electron chi connectivity index (χ0n) is 11.2. The highest BCUT2D eigenvalue weighted by atomic mass is 19.4. The molecule has 0 bridgehead atoms. The molecule has 3 N–H and O–H groups in total. The van der Waals surface area contributed by atoms with Gasteiger partial charge in [0.25, 0.3) is 0 Å². The van der Waals surface area contributed by atoms with Gasteiger partial charge in [-0.1, -0.05) is 0 Å². The van der Waals surface area contributed by atoms with Crippen molar-refractivity contribution in [3.8, 4) is 0 Å². The third kappa shape index (κ3) is 36.1. The molecule has 0 unspecified atom stereocenters. The summed E-state index contributed by atoms with van der Waals surface area (Å²) in [5.41, 5.74) is 4.43. The fourth-order valence-electron chi connectivity index (χ4n) is 0.407. The van der Waals surface area contributed by atoms with Crippen molar-refractivity contribution >= 4 is 18.0 Å². The Balaban J connectivity index is -0.000000257. The second kappa shape index (κ2) is 11.4. The molecule has 0 saturated carbocycles. The molecular weight excluding hydrogens is 332 g/mol. The topological polar surface area (TPSA) is 116 Å². The zero-order valence-corrected chi connectivity index (χ0v) is 11.2. The molecule has 0 spiro atoms. The maximum atomic E-state index is 11.2. The van der Waals surface area contributed by atoms with E-state index in [0.717, 1.165) is 7.11 Å². The van der Waals surface area contributed by atoms with E-state index in [9.17, 15) is 40.7 Å². The normalized spacial score (nSPS) is 10.2. The number of esters is 1. The fourth-order valence-corrected chi connectivity index (χ4v) is 0.407. The number of carbonyl (C=O) groups excluding carboxylic acids is 2. The summed E-state index contributed by atoms with van der Waals surface area (Å²) in [7, 11) is 2.14. The van der Waals surface area contributed by atoms with E-state index in [2.05, 4.69) is 15.2 Å². The molecular formula is C9H13F6NO6. The summed E-state index contributed by atoms with van der Waals surface area (Å²) in [6, 6.07) is 0. The van der Waals surface area contributed by atoms with Gasteiger partial charge in [0.05, 0.1) is 14.2 Å². The van der Waals surface area contributed by atoms with Crippen molar-refractivity contribution in [3.63, 3.8) is 0 Å². The lowest BCUT2D eigenvalue weighted by molar-refractivity contribution is -0.169. The second-order valence-electron chi connectivity index (χ2n) is 3.08. The third-order valence-electron chi connectivity index (χ3n) is 1.13. The Bertz CT molecular complexity index is 353. The third-order valence-corrected chi connectivity index (χ3v) is 1.13. The van der Waals surface area contributed by atoms with Gasteiger partial charge in [-0.3, -0.25) is 9.59 Å². The van der Waals surface area contributed by atoms with Crippen molar-refractivity contribution in [2.45, 2.75) is 25.2 Å². The molecule has 0 fully saturated rings. The molecule has 0 aromatic heterocycles. The summed E-state index contributed by atoms with van der Waals surface area (Å²) in [5, 5.41) is 7.53. The zero-order chi connectivity index (χ0) is 18.6. The van der Waals surface area contributed by atoms with Crippen molar-refractivity contribution in [1.82, 2.24) is 0 Å². The molecule has 7 nitrogen and oxygen atoms in total. The average Bonchev–Trinajstić information content (AvgIpc) is 2.24. The minimum absolute atomic E-state index is 0.745. The number of amides is 1. The van der Waals surface area contributed by atoms with Crippen LogP contribution in [0.25, 0.3) is 0 Å². The minimum atomic E-state index is -4.58. The van der Waals surface area contributed by atoms with Gasteiger partial charge in [0.1, 0.15) is 12.8 Å². The quantitative estimate of drug-likeness (QED) is 0.583. The van der Waals surface area contributed by atoms with Crippen LogP contribution >= 0.6 is 0 Å². The van der Waals surface area contributed by atoms with Gasteiger partial charge in [-0.2, -0.15) is 26.3 Å². The summed E-state index contributed by atoms with van der Waals surface area (Å²) in [6.07, 6.45) is -13.0. The first-order valence-electron chi connectivity index (χ1n) is 4.90. The van der Waals surface area contributed by atoms with Crippen LogP contribution in [0.4, 0.5) is 31.1 Å². The van der Waals surface area contributed by atoms with Gasteiger partial charge in [0.2, 0.25) is 0 Å². The van der Waals surface area contributed by atoms with Gasteiger partial charge in [0.15, 0.2) is 0 Å². The van der Waals surface area contributed by atoms with Gasteiger partial charge in [-0.15, -0.1) is 0 Å². The maximum Gasteiger partial charge on any atom is 0.404 e. The van der Waals surface area contributed by atoms with Crippen molar-refractivity contribution in [2.75, 3.05) is 14.2 Å². The number of hydrogen-bond acceptors (Lipinski definition) is 5. The van der Waals surface area contributed by atoms with E-state index < -0.39 is 43.2 Å². The van der Waals surface area contributed by atoms with E-state index in [-0.39, 0.29) is 0 Å². The first-order valence-corrected chi connectivity index (χ1v) is 4.90. The minimum Gasteiger partial charge on any atom is -0.481 e. The van der Waals surface area contributed by atoms with Crippen LogP contribution in [0, 0.1) is 0 Å². The van der Waals surface area contributed by atoms with Crippen LogP contribution in [-0.4, -0.2) is 49.7 Å².